The highest BCUT2D eigenvalue weighted by molar-refractivity contribution is 7.86. The van der Waals surface area contributed by atoms with E-state index in [1.165, 1.54) is 36.4 Å². The van der Waals surface area contributed by atoms with Gasteiger partial charge in [-0.05, 0) is 60.0 Å². The Hall–Kier alpha value is -3.31. The van der Waals surface area contributed by atoms with Gasteiger partial charge in [0.25, 0.3) is 0 Å². The van der Waals surface area contributed by atoms with Gasteiger partial charge in [-0.2, -0.15) is 26.0 Å². The average molecular weight is 486 g/mol. The maximum absolute atomic E-state index is 13.8. The predicted octanol–water partition coefficient (Wildman–Crippen LogP) is 4.90. The second-order valence-electron chi connectivity index (χ2n) is 7.35. The maximum Gasteiger partial charge on any atom is 0.483 e. The highest BCUT2D eigenvalue weighted by Gasteiger charge is 2.69. The molecule has 0 saturated heterocycles. The molecular formula is C22H18F4O6S. The van der Waals surface area contributed by atoms with E-state index in [0.29, 0.717) is 16.7 Å². The molecule has 0 aliphatic rings. The van der Waals surface area contributed by atoms with Crippen LogP contribution in [0.2, 0.25) is 0 Å². The summed E-state index contributed by atoms with van der Waals surface area (Å²) in [4.78, 5) is 0. The van der Waals surface area contributed by atoms with Crippen LogP contribution in [0.3, 0.4) is 0 Å². The Bertz CT molecular complexity index is 1180. The number of hydrogen-bond donors (Lipinski definition) is 3. The number of phenols is 2. The molecule has 0 bridgehead atoms. The first-order chi connectivity index (χ1) is 15.2. The van der Waals surface area contributed by atoms with E-state index in [4.69, 9.17) is 4.55 Å². The van der Waals surface area contributed by atoms with Crippen LogP contribution in [0.15, 0.2) is 72.8 Å². The van der Waals surface area contributed by atoms with Crippen molar-refractivity contribution in [1.82, 2.24) is 0 Å². The van der Waals surface area contributed by atoms with E-state index in [-0.39, 0.29) is 11.5 Å². The van der Waals surface area contributed by atoms with Crippen molar-refractivity contribution >= 4 is 10.1 Å². The summed E-state index contributed by atoms with van der Waals surface area (Å²) in [6.07, 6.45) is -5.54. The molecule has 0 aromatic heterocycles. The first-order valence-electron chi connectivity index (χ1n) is 9.30. The Morgan fingerprint density at radius 2 is 1.03 bits per heavy atom. The number of halogens is 4. The lowest BCUT2D eigenvalue weighted by atomic mass is 9.71. The lowest BCUT2D eigenvalue weighted by molar-refractivity contribution is -0.274. The van der Waals surface area contributed by atoms with Crippen molar-refractivity contribution in [1.29, 1.82) is 0 Å². The van der Waals surface area contributed by atoms with Gasteiger partial charge in [-0.3, -0.25) is 4.55 Å². The van der Waals surface area contributed by atoms with Crippen molar-refractivity contribution in [3.05, 3.63) is 89.5 Å². The number of alkyl halides is 4. The monoisotopic (exact) mass is 486 g/mol. The maximum atomic E-state index is 13.8. The van der Waals surface area contributed by atoms with Crippen LogP contribution in [0.4, 0.5) is 17.6 Å². The zero-order chi connectivity index (χ0) is 24.7. The first-order valence-corrected chi connectivity index (χ1v) is 10.7. The number of rotatable bonds is 7. The molecule has 3 aromatic carbocycles. The van der Waals surface area contributed by atoms with Crippen molar-refractivity contribution in [2.24, 2.45) is 0 Å². The van der Waals surface area contributed by atoms with Gasteiger partial charge in [0.2, 0.25) is 0 Å². The van der Waals surface area contributed by atoms with E-state index in [9.17, 15) is 36.2 Å². The summed E-state index contributed by atoms with van der Waals surface area (Å²) in [5.74, 6) is -0.749. The van der Waals surface area contributed by atoms with Crippen LogP contribution < -0.4 is 4.74 Å². The minimum atomic E-state index is -6.44. The average Bonchev–Trinajstić information content (AvgIpc) is 2.73. The molecule has 0 heterocycles. The summed E-state index contributed by atoms with van der Waals surface area (Å²) in [6.45, 7) is 1.78. The molecule has 0 radical (unpaired) electrons. The third kappa shape index (κ3) is 4.46. The van der Waals surface area contributed by atoms with E-state index in [0.717, 1.165) is 12.1 Å². The van der Waals surface area contributed by atoms with E-state index < -0.39 is 32.6 Å². The molecule has 0 aliphatic heterocycles. The first kappa shape index (κ1) is 24.3. The molecule has 33 heavy (non-hydrogen) atoms. The third-order valence-corrected chi connectivity index (χ3v) is 6.12. The Kier molecular flexibility index (Phi) is 6.07. The Balaban J connectivity index is 2.03. The van der Waals surface area contributed by atoms with Crippen LogP contribution in [-0.2, 0) is 15.5 Å². The molecule has 176 valence electrons. The molecule has 0 spiro atoms. The molecule has 0 unspecified atom stereocenters. The molecule has 3 N–H and O–H groups in total. The summed E-state index contributed by atoms with van der Waals surface area (Å²) in [6, 6.07) is 16.8. The number of phenolic OH excluding ortho intramolecular Hbond substituents is 2. The number of aromatic hydroxyl groups is 2. The zero-order valence-corrected chi connectivity index (χ0v) is 17.7. The molecule has 3 rings (SSSR count). The number of ether oxygens (including phenoxy) is 1. The molecular weight excluding hydrogens is 468 g/mol. The fourth-order valence-electron chi connectivity index (χ4n) is 3.30. The van der Waals surface area contributed by atoms with Crippen LogP contribution in [-0.4, -0.2) is 34.5 Å². The third-order valence-electron chi connectivity index (χ3n) is 5.23. The van der Waals surface area contributed by atoms with Crippen LogP contribution >= 0.6 is 0 Å². The van der Waals surface area contributed by atoms with Crippen molar-refractivity contribution < 1.29 is 45.5 Å². The van der Waals surface area contributed by atoms with Gasteiger partial charge in [0.05, 0.1) is 0 Å². The Labute approximate surface area is 186 Å². The quantitative estimate of drug-likeness (QED) is 0.249. The molecule has 3 aromatic rings. The molecule has 0 atom stereocenters. The second-order valence-corrected chi connectivity index (χ2v) is 8.82. The highest BCUT2D eigenvalue weighted by Crippen LogP contribution is 2.42. The smallest absolute Gasteiger partial charge is 0.483 e. The van der Waals surface area contributed by atoms with Gasteiger partial charge in [-0.1, -0.05) is 36.4 Å². The lowest BCUT2D eigenvalue weighted by Gasteiger charge is -2.32. The number of benzene rings is 3. The SMILES string of the molecule is CC(c1ccc(O)cc1)(c1ccc(O)cc1)c1ccc(OC(F)(F)C(F)(F)S(=O)(=O)O)cc1. The van der Waals surface area contributed by atoms with Crippen LogP contribution in [0, 0.1) is 0 Å². The van der Waals surface area contributed by atoms with Crippen molar-refractivity contribution in [3.63, 3.8) is 0 Å². The summed E-state index contributed by atoms with van der Waals surface area (Å²) >= 11 is 0. The van der Waals surface area contributed by atoms with Gasteiger partial charge in [0.1, 0.15) is 17.2 Å². The normalized spacial score (nSPS) is 13.0. The van der Waals surface area contributed by atoms with Gasteiger partial charge in [-0.15, -0.1) is 0 Å². The topological polar surface area (TPSA) is 104 Å². The summed E-state index contributed by atoms with van der Waals surface area (Å²) in [5.41, 5.74) is 0.891. The molecule has 0 amide bonds. The van der Waals surface area contributed by atoms with E-state index in [1.54, 1.807) is 31.2 Å². The molecule has 0 fully saturated rings. The van der Waals surface area contributed by atoms with Crippen LogP contribution in [0.1, 0.15) is 23.6 Å². The molecule has 0 aliphatic carbocycles. The second kappa shape index (κ2) is 8.23. The zero-order valence-electron chi connectivity index (χ0n) is 16.9. The van der Waals surface area contributed by atoms with E-state index in [1.807, 2.05) is 0 Å². The highest BCUT2D eigenvalue weighted by atomic mass is 32.2. The van der Waals surface area contributed by atoms with Crippen LogP contribution in [0.5, 0.6) is 17.2 Å². The van der Waals surface area contributed by atoms with Gasteiger partial charge in [0, 0.05) is 5.41 Å². The minimum Gasteiger partial charge on any atom is -0.508 e. The van der Waals surface area contributed by atoms with Crippen molar-refractivity contribution in [2.45, 2.75) is 23.7 Å². The van der Waals surface area contributed by atoms with Gasteiger partial charge in [0.15, 0.2) is 0 Å². The standard InChI is InChI=1S/C22H18F4O6S/c1-20(14-2-8-17(27)9-3-14,15-4-10-18(28)11-5-15)16-6-12-19(13-7-16)32-21(23,24)22(25,26)33(29,30)31/h2-13,27-28H,1H3,(H,29,30,31). The van der Waals surface area contributed by atoms with E-state index in [2.05, 4.69) is 4.74 Å². The largest absolute Gasteiger partial charge is 0.508 e. The van der Waals surface area contributed by atoms with Gasteiger partial charge < -0.3 is 14.9 Å². The Morgan fingerprint density at radius 3 is 1.36 bits per heavy atom. The van der Waals surface area contributed by atoms with Gasteiger partial charge in [-0.25, -0.2) is 0 Å². The van der Waals surface area contributed by atoms with Gasteiger partial charge >= 0.3 is 21.5 Å². The van der Waals surface area contributed by atoms with Crippen molar-refractivity contribution in [2.75, 3.05) is 0 Å². The summed E-state index contributed by atoms with van der Waals surface area (Å²) < 4.78 is 88.0. The fourth-order valence-corrected chi connectivity index (χ4v) is 3.65. The molecule has 6 nitrogen and oxygen atoms in total. The van der Waals surface area contributed by atoms with Crippen molar-refractivity contribution in [3.8, 4) is 17.2 Å². The molecule has 11 heteroatoms. The Morgan fingerprint density at radius 1 is 0.697 bits per heavy atom. The number of hydrogen-bond acceptors (Lipinski definition) is 5. The van der Waals surface area contributed by atoms with E-state index >= 15 is 0 Å². The predicted molar refractivity (Wildman–Crippen MR) is 110 cm³/mol. The van der Waals surface area contributed by atoms with Crippen LogP contribution in [0.25, 0.3) is 0 Å². The fraction of sp³-hybridized carbons (Fsp3) is 0.182. The molecule has 0 saturated carbocycles. The summed E-state index contributed by atoms with van der Waals surface area (Å²) in [5, 5.41) is 13.4. The minimum absolute atomic E-state index is 0.0116. The summed E-state index contributed by atoms with van der Waals surface area (Å²) in [7, 11) is -6.44. The lowest BCUT2D eigenvalue weighted by Crippen LogP contribution is -2.50.